The number of hydrogen-bond donors (Lipinski definition) is 2. The number of benzene rings is 1. The van der Waals surface area contributed by atoms with Gasteiger partial charge in [0.15, 0.2) is 0 Å². The number of rotatable bonds is 2. The molecule has 0 amide bonds. The van der Waals surface area contributed by atoms with Crippen LogP contribution in [0, 0.1) is 10.1 Å². The third kappa shape index (κ3) is 2.72. The van der Waals surface area contributed by atoms with Crippen molar-refractivity contribution >= 4 is 11.9 Å². The van der Waals surface area contributed by atoms with Gasteiger partial charge < -0.3 is 10.9 Å². The summed E-state index contributed by atoms with van der Waals surface area (Å²) in [5.41, 5.74) is 0.367. The van der Waals surface area contributed by atoms with E-state index in [1.165, 1.54) is 12.3 Å². The minimum atomic E-state index is -0.627. The van der Waals surface area contributed by atoms with E-state index in [1.807, 2.05) is 20.8 Å². The van der Waals surface area contributed by atoms with Crippen LogP contribution in [0.1, 0.15) is 31.9 Å². The summed E-state index contributed by atoms with van der Waals surface area (Å²) in [6, 6.07) is 3.00. The molecule has 3 N–H and O–H groups in total. The molecule has 0 heterocycles. The Labute approximate surface area is 98.9 Å². The Morgan fingerprint density at radius 3 is 2.47 bits per heavy atom. The summed E-state index contributed by atoms with van der Waals surface area (Å²) < 4.78 is 0. The Morgan fingerprint density at radius 1 is 1.47 bits per heavy atom. The molecule has 0 radical (unpaired) electrons. The largest absolute Gasteiger partial charge is 0.502 e. The Kier molecular flexibility index (Phi) is 3.36. The van der Waals surface area contributed by atoms with E-state index in [1.54, 1.807) is 6.07 Å². The predicted octanol–water partition coefficient (Wildman–Crippen LogP) is 1.89. The first kappa shape index (κ1) is 13.0. The lowest BCUT2D eigenvalue weighted by atomic mass is 9.85. The fourth-order valence-corrected chi connectivity index (χ4v) is 1.39. The number of hydrazone groups is 1. The molecule has 0 fully saturated rings. The second-order valence-electron chi connectivity index (χ2n) is 4.72. The molecular formula is C11H15N3O3. The molecule has 0 aliphatic carbocycles. The van der Waals surface area contributed by atoms with Gasteiger partial charge in [0, 0.05) is 11.6 Å². The highest BCUT2D eigenvalue weighted by Gasteiger charge is 2.23. The van der Waals surface area contributed by atoms with Gasteiger partial charge in [-0.15, -0.1) is 0 Å². The maximum absolute atomic E-state index is 10.8. The zero-order chi connectivity index (χ0) is 13.2. The van der Waals surface area contributed by atoms with Gasteiger partial charge in [0.2, 0.25) is 5.75 Å². The summed E-state index contributed by atoms with van der Waals surface area (Å²) in [5.74, 6) is 4.58. The van der Waals surface area contributed by atoms with Gasteiger partial charge in [-0.2, -0.15) is 5.10 Å². The third-order valence-electron chi connectivity index (χ3n) is 2.40. The van der Waals surface area contributed by atoms with E-state index in [0.29, 0.717) is 0 Å². The number of nitro benzene ring substituents is 1. The van der Waals surface area contributed by atoms with Gasteiger partial charge in [0.25, 0.3) is 0 Å². The molecule has 6 nitrogen and oxygen atoms in total. The summed E-state index contributed by atoms with van der Waals surface area (Å²) in [4.78, 5) is 10.2. The van der Waals surface area contributed by atoms with Gasteiger partial charge in [-0.3, -0.25) is 10.1 Å². The van der Waals surface area contributed by atoms with Crippen LogP contribution in [0.25, 0.3) is 0 Å². The van der Waals surface area contributed by atoms with Crippen LogP contribution in [0.15, 0.2) is 17.2 Å². The average Bonchev–Trinajstić information content (AvgIpc) is 2.19. The second kappa shape index (κ2) is 4.40. The normalized spacial score (nSPS) is 11.9. The summed E-state index contributed by atoms with van der Waals surface area (Å²) in [7, 11) is 0. The first-order chi connectivity index (χ1) is 7.77. The van der Waals surface area contributed by atoms with Crippen LogP contribution in [-0.4, -0.2) is 16.2 Å². The fourth-order valence-electron chi connectivity index (χ4n) is 1.39. The number of nitrogens with zero attached hydrogens (tertiary/aromatic N) is 2. The molecule has 0 atom stereocenters. The first-order valence-electron chi connectivity index (χ1n) is 5.02. The minimum Gasteiger partial charge on any atom is -0.502 e. The zero-order valence-corrected chi connectivity index (χ0v) is 9.97. The van der Waals surface area contributed by atoms with Gasteiger partial charge in [-0.1, -0.05) is 20.8 Å². The van der Waals surface area contributed by atoms with Gasteiger partial charge >= 0.3 is 5.69 Å². The van der Waals surface area contributed by atoms with Crippen molar-refractivity contribution in [1.82, 2.24) is 0 Å². The molecular weight excluding hydrogens is 222 g/mol. The maximum atomic E-state index is 10.8. The highest BCUT2D eigenvalue weighted by molar-refractivity contribution is 5.86. The maximum Gasteiger partial charge on any atom is 0.311 e. The standard InChI is InChI=1S/C11H15N3O3/c1-11(2,3)8-4-7(6-13-12)10(15)9(5-8)14(16)17/h4-6,15H,12H2,1-3H3. The van der Waals surface area contributed by atoms with E-state index in [4.69, 9.17) is 5.84 Å². The first-order valence-corrected chi connectivity index (χ1v) is 5.02. The Balaban J connectivity index is 3.53. The quantitative estimate of drug-likeness (QED) is 0.355. The molecule has 92 valence electrons. The molecule has 0 aliphatic heterocycles. The lowest BCUT2D eigenvalue weighted by Gasteiger charge is -2.19. The highest BCUT2D eigenvalue weighted by atomic mass is 16.6. The number of nitro groups is 1. The lowest BCUT2D eigenvalue weighted by Crippen LogP contribution is -2.12. The summed E-state index contributed by atoms with van der Waals surface area (Å²) in [6.07, 6.45) is 1.19. The molecule has 0 bridgehead atoms. The summed E-state index contributed by atoms with van der Waals surface area (Å²) in [5, 5.41) is 23.8. The molecule has 1 aromatic rings. The van der Waals surface area contributed by atoms with Gasteiger partial charge in [-0.05, 0) is 17.0 Å². The van der Waals surface area contributed by atoms with E-state index in [-0.39, 0.29) is 16.7 Å². The van der Waals surface area contributed by atoms with E-state index >= 15 is 0 Å². The van der Waals surface area contributed by atoms with Crippen molar-refractivity contribution in [3.8, 4) is 5.75 Å². The van der Waals surface area contributed by atoms with Crippen molar-refractivity contribution in [2.24, 2.45) is 10.9 Å². The topological polar surface area (TPSA) is 102 Å². The van der Waals surface area contributed by atoms with E-state index in [2.05, 4.69) is 5.10 Å². The number of aromatic hydroxyl groups is 1. The van der Waals surface area contributed by atoms with Gasteiger partial charge in [0.05, 0.1) is 11.1 Å². The monoisotopic (exact) mass is 237 g/mol. The van der Waals surface area contributed by atoms with Gasteiger partial charge in [0.1, 0.15) is 0 Å². The Morgan fingerprint density at radius 2 is 2.06 bits per heavy atom. The average molecular weight is 237 g/mol. The van der Waals surface area contributed by atoms with Crippen LogP contribution in [0.5, 0.6) is 5.75 Å². The van der Waals surface area contributed by atoms with Crippen molar-refractivity contribution < 1.29 is 10.0 Å². The lowest BCUT2D eigenvalue weighted by molar-refractivity contribution is -0.386. The molecule has 0 aromatic heterocycles. The molecule has 0 aliphatic rings. The minimum absolute atomic E-state index is 0.242. The molecule has 0 saturated carbocycles. The molecule has 0 spiro atoms. The number of hydrogen-bond acceptors (Lipinski definition) is 5. The molecule has 0 unspecified atom stereocenters. The number of nitrogens with two attached hydrogens (primary N) is 1. The van der Waals surface area contributed by atoms with Crippen LogP contribution in [0.3, 0.4) is 0 Å². The van der Waals surface area contributed by atoms with Crippen LogP contribution in [0.4, 0.5) is 5.69 Å². The van der Waals surface area contributed by atoms with Crippen molar-refractivity contribution in [2.45, 2.75) is 26.2 Å². The smallest absolute Gasteiger partial charge is 0.311 e. The van der Waals surface area contributed by atoms with Crippen LogP contribution in [-0.2, 0) is 5.41 Å². The molecule has 17 heavy (non-hydrogen) atoms. The summed E-state index contributed by atoms with van der Waals surface area (Å²) >= 11 is 0. The van der Waals surface area contributed by atoms with E-state index in [0.717, 1.165) is 5.56 Å². The van der Waals surface area contributed by atoms with Crippen molar-refractivity contribution in [2.75, 3.05) is 0 Å². The molecule has 0 saturated heterocycles. The predicted molar refractivity (Wildman–Crippen MR) is 65.2 cm³/mol. The molecule has 6 heteroatoms. The van der Waals surface area contributed by atoms with E-state index in [9.17, 15) is 15.2 Å². The van der Waals surface area contributed by atoms with Crippen LogP contribution >= 0.6 is 0 Å². The Bertz CT molecular complexity index is 476. The molecule has 1 aromatic carbocycles. The fraction of sp³-hybridized carbons (Fsp3) is 0.364. The van der Waals surface area contributed by atoms with Gasteiger partial charge in [-0.25, -0.2) is 0 Å². The Hall–Kier alpha value is -2.11. The third-order valence-corrected chi connectivity index (χ3v) is 2.40. The zero-order valence-electron chi connectivity index (χ0n) is 9.97. The van der Waals surface area contributed by atoms with Crippen molar-refractivity contribution in [3.05, 3.63) is 33.4 Å². The SMILES string of the molecule is CC(C)(C)c1cc(C=NN)c(O)c([N+](=O)[O-])c1. The van der Waals surface area contributed by atoms with Crippen LogP contribution < -0.4 is 5.84 Å². The second-order valence-corrected chi connectivity index (χ2v) is 4.72. The highest BCUT2D eigenvalue weighted by Crippen LogP contribution is 2.34. The van der Waals surface area contributed by atoms with Crippen LogP contribution in [0.2, 0.25) is 0 Å². The number of phenols is 1. The van der Waals surface area contributed by atoms with Crippen molar-refractivity contribution in [1.29, 1.82) is 0 Å². The number of phenolic OH excluding ortho intramolecular Hbond substituents is 1. The van der Waals surface area contributed by atoms with Crippen molar-refractivity contribution in [3.63, 3.8) is 0 Å². The van der Waals surface area contributed by atoms with E-state index < -0.39 is 10.7 Å². The summed E-state index contributed by atoms with van der Waals surface area (Å²) in [6.45, 7) is 5.77. The molecule has 1 rings (SSSR count).